The van der Waals surface area contributed by atoms with Gasteiger partial charge in [0.15, 0.2) is 0 Å². The molecule has 10 heteroatoms. The number of anilines is 3. The molecule has 220 valence electrons. The summed E-state index contributed by atoms with van der Waals surface area (Å²) in [6.45, 7) is 3.42. The maximum Gasteiger partial charge on any atom is 0.299 e. The highest BCUT2D eigenvalue weighted by molar-refractivity contribution is 7.09. The summed E-state index contributed by atoms with van der Waals surface area (Å²) < 4.78 is 0. The van der Waals surface area contributed by atoms with Gasteiger partial charge in [-0.1, -0.05) is 56.3 Å². The second kappa shape index (κ2) is 12.6. The largest absolute Gasteiger partial charge is 0.378 e. The van der Waals surface area contributed by atoms with E-state index in [0.717, 1.165) is 16.9 Å². The Morgan fingerprint density at radius 1 is 0.930 bits per heavy atom. The molecule has 9 nitrogen and oxygen atoms in total. The Hall–Kier alpha value is -4.83. The first-order valence-electron chi connectivity index (χ1n) is 14.0. The molecule has 0 bridgehead atoms. The number of thiazole rings is 1. The summed E-state index contributed by atoms with van der Waals surface area (Å²) in [4.78, 5) is 62.8. The van der Waals surface area contributed by atoms with Gasteiger partial charge in [0.1, 0.15) is 17.6 Å². The summed E-state index contributed by atoms with van der Waals surface area (Å²) >= 11 is 1.40. The van der Waals surface area contributed by atoms with Crippen LogP contribution in [0.15, 0.2) is 84.2 Å². The van der Waals surface area contributed by atoms with Gasteiger partial charge in [0.2, 0.25) is 11.8 Å². The van der Waals surface area contributed by atoms with Gasteiger partial charge in [-0.05, 0) is 42.3 Å². The molecule has 3 amide bonds. The quantitative estimate of drug-likeness (QED) is 0.256. The van der Waals surface area contributed by atoms with E-state index in [1.165, 1.54) is 21.1 Å². The van der Waals surface area contributed by atoms with Crippen molar-refractivity contribution >= 4 is 51.9 Å². The number of nitrogens with zero attached hydrogens (tertiary/aromatic N) is 4. The zero-order valence-electron chi connectivity index (χ0n) is 24.5. The molecular weight excluding hydrogens is 562 g/mol. The van der Waals surface area contributed by atoms with E-state index >= 15 is 0 Å². The predicted molar refractivity (Wildman–Crippen MR) is 169 cm³/mol. The summed E-state index contributed by atoms with van der Waals surface area (Å²) in [5.41, 5.74) is 3.95. The van der Waals surface area contributed by atoms with Crippen LogP contribution in [0.5, 0.6) is 0 Å². The molecule has 1 aliphatic heterocycles. The number of carbonyl (C=O) groups is 4. The topological polar surface area (TPSA) is 103 Å². The molecular formula is C33H33N5O4S. The number of rotatable bonds is 10. The molecule has 1 atom stereocenters. The maximum absolute atomic E-state index is 14.1. The van der Waals surface area contributed by atoms with Crippen LogP contribution in [0.1, 0.15) is 29.2 Å². The molecule has 0 saturated carbocycles. The zero-order valence-corrected chi connectivity index (χ0v) is 25.3. The standard InChI is InChI=1S/C33H33N5O4S/c1-21(2)30(32(41)34-23-14-16-24(17-15-23)36(3)4)38(18-28-35-26(20-43-28)22-10-6-5-7-11-22)29(39)19-37-27-13-9-8-12-25(27)31(40)33(37)42/h5-17,20-21,30H,18-19H2,1-4H3,(H,34,41)/t30-/m1/s1. The average molecular weight is 596 g/mol. The Bertz CT molecular complexity index is 1650. The molecule has 2 heterocycles. The normalized spacial score (nSPS) is 13.2. The van der Waals surface area contributed by atoms with Crippen molar-refractivity contribution in [3.8, 4) is 11.3 Å². The highest BCUT2D eigenvalue weighted by atomic mass is 32.1. The van der Waals surface area contributed by atoms with Gasteiger partial charge < -0.3 is 15.1 Å². The van der Waals surface area contributed by atoms with Crippen molar-refractivity contribution in [1.82, 2.24) is 9.88 Å². The van der Waals surface area contributed by atoms with E-state index in [1.807, 2.05) is 92.8 Å². The van der Waals surface area contributed by atoms with E-state index in [0.29, 0.717) is 16.4 Å². The number of ketones is 1. The Labute approximate surface area is 254 Å². The zero-order chi connectivity index (χ0) is 30.7. The van der Waals surface area contributed by atoms with Gasteiger partial charge in [-0.25, -0.2) is 4.98 Å². The Kier molecular flexibility index (Phi) is 8.68. The number of amides is 3. The van der Waals surface area contributed by atoms with Gasteiger partial charge in [0, 0.05) is 36.4 Å². The fourth-order valence-electron chi connectivity index (χ4n) is 5.11. The van der Waals surface area contributed by atoms with Crippen LogP contribution in [0.2, 0.25) is 0 Å². The predicted octanol–water partition coefficient (Wildman–Crippen LogP) is 5.10. The lowest BCUT2D eigenvalue weighted by molar-refractivity contribution is -0.140. The molecule has 4 aromatic rings. The lowest BCUT2D eigenvalue weighted by Gasteiger charge is -2.34. The summed E-state index contributed by atoms with van der Waals surface area (Å²) in [5, 5.41) is 5.53. The Morgan fingerprint density at radius 3 is 2.28 bits per heavy atom. The minimum Gasteiger partial charge on any atom is -0.378 e. The van der Waals surface area contributed by atoms with Crippen molar-refractivity contribution < 1.29 is 19.2 Å². The molecule has 43 heavy (non-hydrogen) atoms. The molecule has 0 spiro atoms. The number of nitrogens with one attached hydrogen (secondary N) is 1. The lowest BCUT2D eigenvalue weighted by Crippen LogP contribution is -2.53. The molecule has 1 aliphatic rings. The summed E-state index contributed by atoms with van der Waals surface area (Å²) in [7, 11) is 3.87. The fourth-order valence-corrected chi connectivity index (χ4v) is 5.91. The number of aromatic nitrogens is 1. The van der Waals surface area contributed by atoms with Crippen LogP contribution in [-0.2, 0) is 20.9 Å². The van der Waals surface area contributed by atoms with Gasteiger partial charge in [-0.2, -0.15) is 0 Å². The van der Waals surface area contributed by atoms with E-state index in [4.69, 9.17) is 4.98 Å². The second-order valence-corrected chi connectivity index (χ2v) is 11.8. The van der Waals surface area contributed by atoms with Crippen LogP contribution in [-0.4, -0.2) is 60.1 Å². The first-order valence-corrected chi connectivity index (χ1v) is 14.8. The number of para-hydroxylation sites is 1. The molecule has 1 N–H and O–H groups in total. The van der Waals surface area contributed by atoms with E-state index in [9.17, 15) is 19.2 Å². The van der Waals surface area contributed by atoms with Crippen molar-refractivity contribution in [1.29, 1.82) is 0 Å². The highest BCUT2D eigenvalue weighted by Gasteiger charge is 2.40. The molecule has 0 radical (unpaired) electrons. The third-order valence-corrected chi connectivity index (χ3v) is 8.14. The summed E-state index contributed by atoms with van der Waals surface area (Å²) in [6.07, 6.45) is 0. The van der Waals surface area contributed by atoms with Gasteiger partial charge in [0.05, 0.1) is 23.5 Å². The van der Waals surface area contributed by atoms with E-state index in [-0.39, 0.29) is 30.5 Å². The molecule has 0 fully saturated rings. The molecule has 0 aliphatic carbocycles. The minimum atomic E-state index is -0.881. The Morgan fingerprint density at radius 2 is 1.60 bits per heavy atom. The first-order chi connectivity index (χ1) is 20.6. The molecule has 0 unspecified atom stereocenters. The van der Waals surface area contributed by atoms with Crippen LogP contribution < -0.4 is 15.1 Å². The average Bonchev–Trinajstić information content (AvgIpc) is 3.56. The van der Waals surface area contributed by atoms with E-state index in [1.54, 1.807) is 24.3 Å². The highest BCUT2D eigenvalue weighted by Crippen LogP contribution is 2.30. The van der Waals surface area contributed by atoms with Gasteiger partial charge in [-0.3, -0.25) is 24.1 Å². The van der Waals surface area contributed by atoms with E-state index in [2.05, 4.69) is 5.32 Å². The molecule has 0 saturated heterocycles. The van der Waals surface area contributed by atoms with Crippen molar-refractivity contribution in [2.45, 2.75) is 26.4 Å². The summed E-state index contributed by atoms with van der Waals surface area (Å²) in [5.74, 6) is -2.51. The van der Waals surface area contributed by atoms with Crippen molar-refractivity contribution in [3.05, 3.63) is 94.8 Å². The SMILES string of the molecule is CC(C)[C@H](C(=O)Nc1ccc(N(C)C)cc1)N(Cc1nc(-c2ccccc2)cs1)C(=O)CN1C(=O)C(=O)c2ccccc21. The van der Waals surface area contributed by atoms with Crippen LogP contribution in [0.4, 0.5) is 17.1 Å². The maximum atomic E-state index is 14.1. The number of hydrogen-bond donors (Lipinski definition) is 1. The second-order valence-electron chi connectivity index (χ2n) is 10.9. The number of benzene rings is 3. The smallest absolute Gasteiger partial charge is 0.299 e. The van der Waals surface area contributed by atoms with Crippen LogP contribution in [0.25, 0.3) is 11.3 Å². The minimum absolute atomic E-state index is 0.0593. The molecule has 3 aromatic carbocycles. The third kappa shape index (κ3) is 6.34. The number of Topliss-reactive ketones (excluding diaryl/α,β-unsaturated/α-hetero) is 1. The lowest BCUT2D eigenvalue weighted by atomic mass is 10.0. The van der Waals surface area contributed by atoms with Gasteiger partial charge in [-0.15, -0.1) is 11.3 Å². The monoisotopic (exact) mass is 595 g/mol. The summed E-state index contributed by atoms with van der Waals surface area (Å²) in [6, 6.07) is 22.9. The van der Waals surface area contributed by atoms with E-state index < -0.39 is 23.6 Å². The van der Waals surface area contributed by atoms with Crippen LogP contribution >= 0.6 is 11.3 Å². The van der Waals surface area contributed by atoms with Crippen LogP contribution in [0, 0.1) is 5.92 Å². The van der Waals surface area contributed by atoms with Crippen molar-refractivity contribution in [2.75, 3.05) is 35.8 Å². The number of fused-ring (bicyclic) bond motifs is 1. The van der Waals surface area contributed by atoms with Crippen molar-refractivity contribution in [2.24, 2.45) is 5.92 Å². The van der Waals surface area contributed by atoms with Gasteiger partial charge in [0.25, 0.3) is 11.7 Å². The molecule has 1 aromatic heterocycles. The Balaban J connectivity index is 1.45. The number of hydrogen-bond acceptors (Lipinski definition) is 7. The molecule has 5 rings (SSSR count). The number of carbonyl (C=O) groups excluding carboxylic acids is 4. The van der Waals surface area contributed by atoms with Crippen LogP contribution in [0.3, 0.4) is 0 Å². The third-order valence-electron chi connectivity index (χ3n) is 7.31. The fraction of sp³-hybridized carbons (Fsp3) is 0.242. The van der Waals surface area contributed by atoms with Crippen molar-refractivity contribution in [3.63, 3.8) is 0 Å². The van der Waals surface area contributed by atoms with Gasteiger partial charge >= 0.3 is 0 Å². The first kappa shape index (κ1) is 29.7.